The van der Waals surface area contributed by atoms with E-state index in [4.69, 9.17) is 26.9 Å². The summed E-state index contributed by atoms with van der Waals surface area (Å²) < 4.78 is 0. The Morgan fingerprint density at radius 1 is 0.892 bits per heavy atom. The third-order valence-corrected chi connectivity index (χ3v) is 5.43. The van der Waals surface area contributed by atoms with Gasteiger partial charge in [-0.1, -0.05) is 29.8 Å². The molecular formula is C26H28ClN3O7. The average molecular weight is 530 g/mol. The van der Waals surface area contributed by atoms with E-state index in [1.165, 1.54) is 0 Å². The van der Waals surface area contributed by atoms with Crippen molar-refractivity contribution >= 4 is 52.5 Å². The van der Waals surface area contributed by atoms with Gasteiger partial charge in [0.1, 0.15) is 0 Å². The number of para-hydroxylation sites is 1. The Labute approximate surface area is 219 Å². The zero-order chi connectivity index (χ0) is 27.4. The zero-order valence-electron chi connectivity index (χ0n) is 20.1. The number of carboxylic acids is 3. The third-order valence-electron chi connectivity index (χ3n) is 5.20. The number of anilines is 3. The van der Waals surface area contributed by atoms with E-state index in [-0.39, 0.29) is 5.91 Å². The largest absolute Gasteiger partial charge is 0.478 e. The smallest absolute Gasteiger partial charge is 0.328 e. The first-order valence-electron chi connectivity index (χ1n) is 11.3. The van der Waals surface area contributed by atoms with Crippen molar-refractivity contribution in [3.63, 3.8) is 0 Å². The van der Waals surface area contributed by atoms with Crippen LogP contribution in [0, 0.1) is 0 Å². The maximum atomic E-state index is 13.0. The quantitative estimate of drug-likeness (QED) is 0.266. The van der Waals surface area contributed by atoms with Gasteiger partial charge >= 0.3 is 17.9 Å². The number of carboxylic acid groups (broad SMARTS) is 3. The summed E-state index contributed by atoms with van der Waals surface area (Å²) in [6.07, 6.45) is 5.65. The van der Waals surface area contributed by atoms with Crippen LogP contribution in [-0.4, -0.2) is 65.8 Å². The van der Waals surface area contributed by atoms with Crippen LogP contribution in [0.15, 0.2) is 66.8 Å². The number of aliphatic carboxylic acids is 3. The number of hydrogen-bond acceptors (Lipinski definition) is 6. The van der Waals surface area contributed by atoms with Gasteiger partial charge in [-0.15, -0.1) is 0 Å². The Kier molecular flexibility index (Phi) is 11.3. The van der Waals surface area contributed by atoms with Crippen LogP contribution < -0.4 is 15.1 Å². The molecule has 0 spiro atoms. The first kappa shape index (κ1) is 29.1. The molecule has 0 atom stereocenters. The molecule has 2 aromatic rings. The maximum absolute atomic E-state index is 13.0. The molecule has 10 nitrogen and oxygen atoms in total. The van der Waals surface area contributed by atoms with Crippen molar-refractivity contribution in [3.8, 4) is 0 Å². The summed E-state index contributed by atoms with van der Waals surface area (Å²) >= 11 is 6.27. The van der Waals surface area contributed by atoms with E-state index >= 15 is 0 Å². The van der Waals surface area contributed by atoms with Crippen molar-refractivity contribution < 1.29 is 34.5 Å². The first-order valence-corrected chi connectivity index (χ1v) is 11.7. The molecule has 0 radical (unpaired) electrons. The minimum atomic E-state index is -1.26. The highest BCUT2D eigenvalue weighted by atomic mass is 35.5. The fourth-order valence-electron chi connectivity index (χ4n) is 3.55. The number of fused-ring (bicyclic) bond motifs is 2. The molecule has 0 aromatic heterocycles. The van der Waals surface area contributed by atoms with Gasteiger partial charge < -0.3 is 30.4 Å². The van der Waals surface area contributed by atoms with Crippen LogP contribution in [0.1, 0.15) is 23.2 Å². The van der Waals surface area contributed by atoms with E-state index < -0.39 is 17.9 Å². The highest BCUT2D eigenvalue weighted by Gasteiger charge is 2.28. The number of nitrogens with one attached hydrogen (secondary N) is 1. The number of amides is 1. The molecule has 1 amide bonds. The Bertz CT molecular complexity index is 1180. The lowest BCUT2D eigenvalue weighted by Crippen LogP contribution is -2.25. The number of carbonyl (C=O) groups excluding carboxylic acids is 1. The highest BCUT2D eigenvalue weighted by Crippen LogP contribution is 2.41. The van der Waals surface area contributed by atoms with E-state index in [1.807, 2.05) is 36.4 Å². The van der Waals surface area contributed by atoms with Crippen LogP contribution in [-0.2, 0) is 14.4 Å². The summed E-state index contributed by atoms with van der Waals surface area (Å²) in [5.41, 5.74) is 3.28. The van der Waals surface area contributed by atoms with Crippen molar-refractivity contribution in [2.24, 2.45) is 0 Å². The van der Waals surface area contributed by atoms with Crippen molar-refractivity contribution in [3.05, 3.63) is 77.4 Å². The summed E-state index contributed by atoms with van der Waals surface area (Å²) in [5.74, 6) is -3.50. The Morgan fingerprint density at radius 2 is 1.54 bits per heavy atom. The second kappa shape index (κ2) is 14.4. The van der Waals surface area contributed by atoms with Gasteiger partial charge in [-0.25, -0.2) is 14.4 Å². The van der Waals surface area contributed by atoms with E-state index in [0.29, 0.717) is 29.3 Å². The SMILES string of the molecule is CN1C(=O)c2ccccc2N(CCCCNC/C=C/C(=O)O)c2cc(Cl)ccc21.O=C(O)/C=C\C(=O)O. The standard InChI is InChI=1S/C22H24ClN3O3.C4H4O4/c1-25-19-11-10-16(23)15-20(19)26(18-8-3-2-7-17(18)22(25)29)14-5-4-12-24-13-6-9-21(27)28;5-3(6)1-2-4(7)8/h2-3,6-11,15,24H,4-5,12-14H2,1H3,(H,27,28);1-2H,(H,5,6)(H,7,8)/b9-6+;2-1-. The Hall–Kier alpha value is -4.15. The number of benzene rings is 2. The normalized spacial score (nSPS) is 12.5. The minimum absolute atomic E-state index is 0.0430. The van der Waals surface area contributed by atoms with Gasteiger partial charge in [0.25, 0.3) is 5.91 Å². The number of hydrogen-bond donors (Lipinski definition) is 4. The first-order chi connectivity index (χ1) is 17.6. The van der Waals surface area contributed by atoms with E-state index in [0.717, 1.165) is 49.1 Å². The summed E-state index contributed by atoms with van der Waals surface area (Å²) in [7, 11) is 1.78. The van der Waals surface area contributed by atoms with Crippen molar-refractivity contribution in [2.75, 3.05) is 36.5 Å². The molecule has 0 unspecified atom stereocenters. The second-order valence-electron chi connectivity index (χ2n) is 7.83. The van der Waals surface area contributed by atoms with Crippen LogP contribution in [0.25, 0.3) is 0 Å². The molecular weight excluding hydrogens is 502 g/mol. The van der Waals surface area contributed by atoms with Gasteiger partial charge in [-0.2, -0.15) is 0 Å². The van der Waals surface area contributed by atoms with Gasteiger partial charge in [0.2, 0.25) is 0 Å². The number of nitrogens with zero attached hydrogens (tertiary/aromatic N) is 2. The van der Waals surface area contributed by atoms with Gasteiger partial charge in [0, 0.05) is 43.4 Å². The summed E-state index contributed by atoms with van der Waals surface area (Å²) in [5, 5.41) is 28.0. The maximum Gasteiger partial charge on any atom is 0.328 e. The zero-order valence-corrected chi connectivity index (χ0v) is 20.9. The molecule has 1 heterocycles. The molecule has 196 valence electrons. The molecule has 4 N–H and O–H groups in total. The number of rotatable bonds is 10. The lowest BCUT2D eigenvalue weighted by Gasteiger charge is -2.27. The fraction of sp³-hybridized carbons (Fsp3) is 0.231. The lowest BCUT2D eigenvalue weighted by molar-refractivity contribution is -0.134. The molecule has 2 aromatic carbocycles. The highest BCUT2D eigenvalue weighted by molar-refractivity contribution is 6.31. The van der Waals surface area contributed by atoms with Crippen LogP contribution >= 0.6 is 11.6 Å². The number of carbonyl (C=O) groups is 4. The topological polar surface area (TPSA) is 147 Å². The summed E-state index contributed by atoms with van der Waals surface area (Å²) in [4.78, 5) is 46.3. The second-order valence-corrected chi connectivity index (χ2v) is 8.26. The van der Waals surface area contributed by atoms with Gasteiger partial charge in [-0.05, 0) is 49.7 Å². The lowest BCUT2D eigenvalue weighted by atomic mass is 10.1. The average Bonchev–Trinajstić information content (AvgIpc) is 2.93. The summed E-state index contributed by atoms with van der Waals surface area (Å²) in [6.45, 7) is 2.04. The van der Waals surface area contributed by atoms with Crippen molar-refractivity contribution in [1.29, 1.82) is 0 Å². The molecule has 37 heavy (non-hydrogen) atoms. The van der Waals surface area contributed by atoms with Crippen LogP contribution in [0.3, 0.4) is 0 Å². The molecule has 0 fully saturated rings. The van der Waals surface area contributed by atoms with Gasteiger partial charge in [-0.3, -0.25) is 4.79 Å². The molecule has 1 aliphatic heterocycles. The van der Waals surface area contributed by atoms with E-state index in [1.54, 1.807) is 24.1 Å². The third kappa shape index (κ3) is 9.10. The van der Waals surface area contributed by atoms with Gasteiger partial charge in [0.15, 0.2) is 0 Å². The molecule has 0 bridgehead atoms. The van der Waals surface area contributed by atoms with Crippen molar-refractivity contribution in [2.45, 2.75) is 12.8 Å². The molecule has 0 saturated heterocycles. The fourth-order valence-corrected chi connectivity index (χ4v) is 3.72. The Morgan fingerprint density at radius 3 is 2.19 bits per heavy atom. The van der Waals surface area contributed by atoms with Crippen molar-refractivity contribution in [1.82, 2.24) is 5.32 Å². The molecule has 0 saturated carbocycles. The monoisotopic (exact) mass is 529 g/mol. The molecule has 3 rings (SSSR count). The Balaban J connectivity index is 0.000000521. The number of halogens is 1. The van der Waals surface area contributed by atoms with E-state index in [2.05, 4.69) is 10.2 Å². The molecule has 0 aliphatic carbocycles. The van der Waals surface area contributed by atoms with Crippen LogP contribution in [0.5, 0.6) is 0 Å². The van der Waals surface area contributed by atoms with Crippen LogP contribution in [0.4, 0.5) is 17.1 Å². The molecule has 1 aliphatic rings. The minimum Gasteiger partial charge on any atom is -0.478 e. The predicted molar refractivity (Wildman–Crippen MR) is 141 cm³/mol. The predicted octanol–water partition coefficient (Wildman–Crippen LogP) is 3.79. The van der Waals surface area contributed by atoms with E-state index in [9.17, 15) is 19.2 Å². The number of unbranched alkanes of at least 4 members (excludes halogenated alkanes) is 1. The summed E-state index contributed by atoms with van der Waals surface area (Å²) in [6, 6.07) is 13.2. The van der Waals surface area contributed by atoms with Crippen LogP contribution in [0.2, 0.25) is 5.02 Å². The van der Waals surface area contributed by atoms with Gasteiger partial charge in [0.05, 0.1) is 22.6 Å². The molecule has 11 heteroatoms.